The molecular weight excluding hydrogens is 352 g/mol. The highest BCUT2D eigenvalue weighted by Gasteiger charge is 2.41. The van der Waals surface area contributed by atoms with Crippen LogP contribution in [0.3, 0.4) is 0 Å². The molecule has 27 heavy (non-hydrogen) atoms. The zero-order valence-corrected chi connectivity index (χ0v) is 15.7. The number of carbonyl (C=O) groups is 1. The number of allylic oxidation sites excluding steroid dienone is 1. The molecule has 0 amide bonds. The molecular formula is C20H22O7. The molecule has 0 aliphatic carbocycles. The van der Waals surface area contributed by atoms with Crippen molar-refractivity contribution in [2.75, 3.05) is 0 Å². The topological polar surface area (TPSA) is 106 Å². The van der Waals surface area contributed by atoms with Gasteiger partial charge in [0, 0.05) is 29.7 Å². The van der Waals surface area contributed by atoms with E-state index in [4.69, 9.17) is 13.9 Å². The van der Waals surface area contributed by atoms with Gasteiger partial charge in [0.25, 0.3) is 0 Å². The number of esters is 1. The maximum atomic E-state index is 12.3. The zero-order chi connectivity index (χ0) is 19.9. The number of fused-ring (bicyclic) bond motifs is 2. The van der Waals surface area contributed by atoms with Gasteiger partial charge in [-0.1, -0.05) is 6.08 Å². The molecule has 2 N–H and O–H groups in total. The predicted octanol–water partition coefficient (Wildman–Crippen LogP) is 2.58. The Hall–Kier alpha value is -2.80. The number of hydrogen-bond donors (Lipinski definition) is 2. The average molecular weight is 374 g/mol. The fraction of sp³-hybridized carbons (Fsp3) is 0.400. The normalized spacial score (nSPS) is 18.7. The molecule has 0 radical (unpaired) electrons. The summed E-state index contributed by atoms with van der Waals surface area (Å²) in [5.41, 5.74) is -0.355. The number of aliphatic hydroxyl groups is 1. The van der Waals surface area contributed by atoms with E-state index in [1.807, 2.05) is 0 Å². The minimum atomic E-state index is -0.855. The van der Waals surface area contributed by atoms with Crippen LogP contribution in [0.25, 0.3) is 11.0 Å². The zero-order valence-electron chi connectivity index (χ0n) is 15.7. The molecule has 7 heteroatoms. The summed E-state index contributed by atoms with van der Waals surface area (Å²) in [6.45, 7) is 6.52. The summed E-state index contributed by atoms with van der Waals surface area (Å²) < 4.78 is 17.0. The highest BCUT2D eigenvalue weighted by Crippen LogP contribution is 2.42. The van der Waals surface area contributed by atoms with E-state index >= 15 is 0 Å². The molecule has 1 unspecified atom stereocenters. The predicted molar refractivity (Wildman–Crippen MR) is 97.8 cm³/mol. The summed E-state index contributed by atoms with van der Waals surface area (Å²) in [5.74, 6) is -0.288. The van der Waals surface area contributed by atoms with Gasteiger partial charge in [-0.2, -0.15) is 0 Å². The summed E-state index contributed by atoms with van der Waals surface area (Å²) in [4.78, 5) is 24.5. The van der Waals surface area contributed by atoms with Crippen LogP contribution in [0.5, 0.6) is 11.5 Å². The molecule has 1 atom stereocenters. The van der Waals surface area contributed by atoms with Crippen molar-refractivity contribution in [2.45, 2.75) is 52.4 Å². The van der Waals surface area contributed by atoms with E-state index in [9.17, 15) is 19.8 Å². The van der Waals surface area contributed by atoms with E-state index in [0.717, 1.165) is 6.07 Å². The molecule has 2 heterocycles. The van der Waals surface area contributed by atoms with E-state index in [-0.39, 0.29) is 28.9 Å². The number of benzene rings is 1. The number of phenolic OH excluding ortho intramolecular Hbond substituents is 1. The lowest BCUT2D eigenvalue weighted by Crippen LogP contribution is -2.49. The summed E-state index contributed by atoms with van der Waals surface area (Å²) in [6.07, 6.45) is 1.19. The van der Waals surface area contributed by atoms with Crippen LogP contribution in [0.1, 0.15) is 39.0 Å². The third kappa shape index (κ3) is 3.30. The summed E-state index contributed by atoms with van der Waals surface area (Å²) >= 11 is 0. The highest BCUT2D eigenvalue weighted by atomic mass is 16.6. The Balaban J connectivity index is 2.09. The molecule has 144 valence electrons. The molecule has 3 rings (SSSR count). The van der Waals surface area contributed by atoms with Crippen LogP contribution in [0, 0.1) is 0 Å². The van der Waals surface area contributed by atoms with Crippen molar-refractivity contribution in [3.05, 3.63) is 45.3 Å². The Kier molecular flexibility index (Phi) is 4.73. The lowest BCUT2D eigenvalue weighted by molar-refractivity contribution is -0.156. The fourth-order valence-electron chi connectivity index (χ4n) is 3.04. The van der Waals surface area contributed by atoms with E-state index in [0.29, 0.717) is 16.9 Å². The van der Waals surface area contributed by atoms with Gasteiger partial charge >= 0.3 is 5.97 Å². The second-order valence-corrected chi connectivity index (χ2v) is 7.09. The Morgan fingerprint density at radius 3 is 2.74 bits per heavy atom. The molecule has 1 aromatic carbocycles. The van der Waals surface area contributed by atoms with Crippen LogP contribution in [0.4, 0.5) is 0 Å². The van der Waals surface area contributed by atoms with E-state index in [1.54, 1.807) is 33.8 Å². The van der Waals surface area contributed by atoms with Crippen LogP contribution < -0.4 is 10.2 Å². The SMILES string of the molecule is CC=C(C)C(=O)OC1Cc2c(cc3oc(CO)cc(=O)c3c2O)OC1(C)C. The van der Waals surface area contributed by atoms with Gasteiger partial charge in [0.05, 0.1) is 0 Å². The minimum Gasteiger partial charge on any atom is -0.507 e. The third-order valence-corrected chi connectivity index (χ3v) is 4.81. The number of aliphatic hydroxyl groups excluding tert-OH is 1. The van der Waals surface area contributed by atoms with Gasteiger partial charge in [-0.25, -0.2) is 4.79 Å². The first-order valence-electron chi connectivity index (χ1n) is 8.63. The average Bonchev–Trinajstić information content (AvgIpc) is 2.61. The van der Waals surface area contributed by atoms with Crippen molar-refractivity contribution in [2.24, 2.45) is 0 Å². The second-order valence-electron chi connectivity index (χ2n) is 7.09. The van der Waals surface area contributed by atoms with Crippen molar-refractivity contribution in [1.82, 2.24) is 0 Å². The minimum absolute atomic E-state index is 0.00367. The maximum absolute atomic E-state index is 12.3. The first-order valence-corrected chi connectivity index (χ1v) is 8.63. The molecule has 0 bridgehead atoms. The summed E-state index contributed by atoms with van der Waals surface area (Å²) in [7, 11) is 0. The number of aromatic hydroxyl groups is 1. The first kappa shape index (κ1) is 19.0. The van der Waals surface area contributed by atoms with E-state index in [2.05, 4.69) is 0 Å². The smallest absolute Gasteiger partial charge is 0.333 e. The van der Waals surface area contributed by atoms with Gasteiger partial charge in [0.1, 0.15) is 46.5 Å². The molecule has 0 saturated carbocycles. The van der Waals surface area contributed by atoms with Gasteiger partial charge in [0.15, 0.2) is 5.43 Å². The maximum Gasteiger partial charge on any atom is 0.333 e. The molecule has 0 fully saturated rings. The van der Waals surface area contributed by atoms with Crippen molar-refractivity contribution >= 4 is 16.9 Å². The van der Waals surface area contributed by atoms with Gasteiger partial charge in [-0.05, 0) is 27.7 Å². The monoisotopic (exact) mass is 374 g/mol. The Morgan fingerprint density at radius 2 is 2.11 bits per heavy atom. The Bertz CT molecular complexity index is 998. The largest absolute Gasteiger partial charge is 0.507 e. The number of phenols is 1. The molecule has 0 saturated heterocycles. The van der Waals surface area contributed by atoms with Crippen LogP contribution in [-0.2, 0) is 22.6 Å². The van der Waals surface area contributed by atoms with Crippen molar-refractivity contribution in [1.29, 1.82) is 0 Å². The van der Waals surface area contributed by atoms with Gasteiger partial charge in [0.2, 0.25) is 0 Å². The van der Waals surface area contributed by atoms with Gasteiger partial charge in [-0.15, -0.1) is 0 Å². The van der Waals surface area contributed by atoms with Crippen LogP contribution >= 0.6 is 0 Å². The Labute approximate surface area is 155 Å². The van der Waals surface area contributed by atoms with Gasteiger partial charge in [-0.3, -0.25) is 4.79 Å². The number of rotatable bonds is 3. The van der Waals surface area contributed by atoms with Crippen LogP contribution in [0.15, 0.2) is 33.0 Å². The quantitative estimate of drug-likeness (QED) is 0.628. The Morgan fingerprint density at radius 1 is 1.41 bits per heavy atom. The van der Waals surface area contributed by atoms with Crippen molar-refractivity contribution in [3.63, 3.8) is 0 Å². The van der Waals surface area contributed by atoms with E-state index < -0.39 is 29.7 Å². The lowest BCUT2D eigenvalue weighted by atomic mass is 9.89. The molecule has 1 aliphatic heterocycles. The molecule has 0 spiro atoms. The lowest BCUT2D eigenvalue weighted by Gasteiger charge is -2.39. The molecule has 7 nitrogen and oxygen atoms in total. The van der Waals surface area contributed by atoms with E-state index in [1.165, 1.54) is 6.07 Å². The molecule has 1 aliphatic rings. The summed E-state index contributed by atoms with van der Waals surface area (Å²) in [6, 6.07) is 2.65. The number of hydrogen-bond acceptors (Lipinski definition) is 7. The molecule has 2 aromatic rings. The summed E-state index contributed by atoms with van der Waals surface area (Å²) in [5, 5.41) is 19.9. The van der Waals surface area contributed by atoms with Crippen LogP contribution in [0.2, 0.25) is 0 Å². The molecule has 1 aromatic heterocycles. The van der Waals surface area contributed by atoms with Crippen molar-refractivity contribution in [3.8, 4) is 11.5 Å². The van der Waals surface area contributed by atoms with Crippen LogP contribution in [-0.4, -0.2) is 27.9 Å². The number of ether oxygens (including phenoxy) is 2. The van der Waals surface area contributed by atoms with Gasteiger partial charge < -0.3 is 24.1 Å². The highest BCUT2D eigenvalue weighted by molar-refractivity contribution is 5.88. The van der Waals surface area contributed by atoms with Crippen molar-refractivity contribution < 1.29 is 28.9 Å². The number of carbonyl (C=O) groups excluding carboxylic acids is 1. The standard InChI is InChI=1S/C20H22O7/c1-5-10(2)19(24)26-16-7-12-14(27-20(16,3)4)8-15-17(18(12)23)13(22)6-11(9-21)25-15/h5-6,8,16,21,23H,7,9H2,1-4H3. The third-order valence-electron chi connectivity index (χ3n) is 4.81. The fourth-order valence-corrected chi connectivity index (χ4v) is 3.04. The first-order chi connectivity index (χ1) is 12.7. The second kappa shape index (κ2) is 6.74.